The average molecular weight is 333 g/mol. The minimum atomic E-state index is 0.708. The molecule has 1 fully saturated rings. The SMILES string of the molecule is CC1CCN(c2cnc3c(ccn3Cc3ccc(C=O)cc3)c2)CC1. The Balaban J connectivity index is 1.56. The molecule has 128 valence electrons. The topological polar surface area (TPSA) is 38.1 Å². The van der Waals surface area contributed by atoms with Gasteiger partial charge in [0.2, 0.25) is 0 Å². The van der Waals surface area contributed by atoms with Crippen LogP contribution < -0.4 is 4.90 Å². The van der Waals surface area contributed by atoms with Crippen molar-refractivity contribution in [3.63, 3.8) is 0 Å². The molecule has 25 heavy (non-hydrogen) atoms. The van der Waals surface area contributed by atoms with Crippen molar-refractivity contribution in [2.24, 2.45) is 5.92 Å². The van der Waals surface area contributed by atoms with E-state index in [1.807, 2.05) is 30.5 Å². The smallest absolute Gasteiger partial charge is 0.150 e. The fourth-order valence-corrected chi connectivity index (χ4v) is 3.53. The van der Waals surface area contributed by atoms with Crippen LogP contribution in [0.1, 0.15) is 35.7 Å². The Labute approximate surface area is 148 Å². The molecular weight excluding hydrogens is 310 g/mol. The quantitative estimate of drug-likeness (QED) is 0.674. The first-order chi connectivity index (χ1) is 12.2. The predicted molar refractivity (Wildman–Crippen MR) is 101 cm³/mol. The molecule has 1 aromatic carbocycles. The fraction of sp³-hybridized carbons (Fsp3) is 0.333. The molecule has 0 bridgehead atoms. The van der Waals surface area contributed by atoms with Gasteiger partial charge in [-0.05, 0) is 36.5 Å². The number of nitrogens with zero attached hydrogens (tertiary/aromatic N) is 3. The lowest BCUT2D eigenvalue weighted by Gasteiger charge is -2.31. The van der Waals surface area contributed by atoms with E-state index in [0.717, 1.165) is 37.5 Å². The number of carbonyl (C=O) groups excluding carboxylic acids is 1. The molecule has 4 heteroatoms. The average Bonchev–Trinajstić information content (AvgIpc) is 3.05. The highest BCUT2D eigenvalue weighted by atomic mass is 16.1. The molecule has 0 unspecified atom stereocenters. The molecule has 0 spiro atoms. The zero-order valence-electron chi connectivity index (χ0n) is 14.6. The number of benzene rings is 1. The zero-order chi connectivity index (χ0) is 17.2. The summed E-state index contributed by atoms with van der Waals surface area (Å²) < 4.78 is 2.16. The molecule has 4 nitrogen and oxygen atoms in total. The summed E-state index contributed by atoms with van der Waals surface area (Å²) in [6.07, 6.45) is 7.49. The minimum absolute atomic E-state index is 0.708. The molecule has 0 amide bonds. The van der Waals surface area contributed by atoms with Crippen molar-refractivity contribution in [1.29, 1.82) is 0 Å². The summed E-state index contributed by atoms with van der Waals surface area (Å²) in [6.45, 7) is 5.34. The van der Waals surface area contributed by atoms with E-state index in [4.69, 9.17) is 4.98 Å². The van der Waals surface area contributed by atoms with Crippen LogP contribution in [-0.2, 0) is 6.54 Å². The molecule has 0 saturated carbocycles. The third kappa shape index (κ3) is 3.29. The van der Waals surface area contributed by atoms with Gasteiger partial charge < -0.3 is 9.47 Å². The lowest BCUT2D eigenvalue weighted by Crippen LogP contribution is -2.32. The number of carbonyl (C=O) groups is 1. The maximum absolute atomic E-state index is 10.8. The van der Waals surface area contributed by atoms with E-state index in [-0.39, 0.29) is 0 Å². The van der Waals surface area contributed by atoms with Crippen molar-refractivity contribution >= 4 is 23.0 Å². The van der Waals surface area contributed by atoms with E-state index < -0.39 is 0 Å². The normalized spacial score (nSPS) is 15.6. The van der Waals surface area contributed by atoms with Crippen LogP contribution in [0.25, 0.3) is 11.0 Å². The summed E-state index contributed by atoms with van der Waals surface area (Å²) in [7, 11) is 0. The van der Waals surface area contributed by atoms with Crippen molar-refractivity contribution in [2.45, 2.75) is 26.3 Å². The first-order valence-corrected chi connectivity index (χ1v) is 8.97. The minimum Gasteiger partial charge on any atom is -0.370 e. The summed E-state index contributed by atoms with van der Waals surface area (Å²) in [4.78, 5) is 17.9. The molecule has 2 aromatic heterocycles. The van der Waals surface area contributed by atoms with E-state index >= 15 is 0 Å². The van der Waals surface area contributed by atoms with Crippen LogP contribution >= 0.6 is 0 Å². The van der Waals surface area contributed by atoms with Gasteiger partial charge in [0.25, 0.3) is 0 Å². The van der Waals surface area contributed by atoms with Gasteiger partial charge in [-0.15, -0.1) is 0 Å². The maximum atomic E-state index is 10.8. The molecule has 4 rings (SSSR count). The third-order valence-corrected chi connectivity index (χ3v) is 5.20. The molecule has 3 aromatic rings. The Morgan fingerprint density at radius 3 is 2.64 bits per heavy atom. The largest absolute Gasteiger partial charge is 0.370 e. The Kier molecular flexibility index (Phi) is 4.26. The van der Waals surface area contributed by atoms with E-state index in [2.05, 4.69) is 34.7 Å². The number of aromatic nitrogens is 2. The predicted octanol–water partition coefficient (Wildman–Crippen LogP) is 4.13. The zero-order valence-corrected chi connectivity index (χ0v) is 14.6. The molecule has 0 aliphatic carbocycles. The van der Waals surface area contributed by atoms with Gasteiger partial charge in [-0.3, -0.25) is 4.79 Å². The van der Waals surface area contributed by atoms with E-state index in [1.54, 1.807) is 0 Å². The van der Waals surface area contributed by atoms with Gasteiger partial charge in [-0.1, -0.05) is 31.2 Å². The first kappa shape index (κ1) is 15.9. The molecule has 1 aliphatic rings. The van der Waals surface area contributed by atoms with Gasteiger partial charge in [0.1, 0.15) is 11.9 Å². The van der Waals surface area contributed by atoms with Crippen LogP contribution in [0.4, 0.5) is 5.69 Å². The van der Waals surface area contributed by atoms with Crippen molar-refractivity contribution in [3.05, 3.63) is 59.9 Å². The monoisotopic (exact) mass is 333 g/mol. The number of fused-ring (bicyclic) bond motifs is 1. The van der Waals surface area contributed by atoms with E-state index in [0.29, 0.717) is 5.56 Å². The Morgan fingerprint density at radius 1 is 1.16 bits per heavy atom. The summed E-state index contributed by atoms with van der Waals surface area (Å²) >= 11 is 0. The molecular formula is C21H23N3O. The van der Waals surface area contributed by atoms with Crippen molar-refractivity contribution in [2.75, 3.05) is 18.0 Å². The van der Waals surface area contributed by atoms with Gasteiger partial charge in [-0.2, -0.15) is 0 Å². The van der Waals surface area contributed by atoms with Gasteiger partial charge in [0, 0.05) is 36.8 Å². The Bertz CT molecular complexity index is 874. The van der Waals surface area contributed by atoms with Gasteiger partial charge in [0.15, 0.2) is 0 Å². The molecule has 0 N–H and O–H groups in total. The summed E-state index contributed by atoms with van der Waals surface area (Å²) in [6, 6.07) is 12.1. The number of anilines is 1. The number of pyridine rings is 1. The maximum Gasteiger partial charge on any atom is 0.150 e. The van der Waals surface area contributed by atoms with Crippen LogP contribution in [-0.4, -0.2) is 28.9 Å². The highest BCUT2D eigenvalue weighted by Gasteiger charge is 2.17. The molecule has 1 saturated heterocycles. The summed E-state index contributed by atoms with van der Waals surface area (Å²) in [5.74, 6) is 0.833. The number of piperidine rings is 1. The van der Waals surface area contributed by atoms with Crippen LogP contribution in [0, 0.1) is 5.92 Å². The molecule has 0 radical (unpaired) electrons. The lowest BCUT2D eigenvalue weighted by molar-refractivity contribution is 0.112. The van der Waals surface area contributed by atoms with Crippen molar-refractivity contribution in [1.82, 2.24) is 9.55 Å². The van der Waals surface area contributed by atoms with Crippen LogP contribution in [0.3, 0.4) is 0 Å². The highest BCUT2D eigenvalue weighted by molar-refractivity contribution is 5.80. The van der Waals surface area contributed by atoms with Crippen molar-refractivity contribution in [3.8, 4) is 0 Å². The molecule has 0 atom stereocenters. The number of aldehydes is 1. The highest BCUT2D eigenvalue weighted by Crippen LogP contribution is 2.26. The van der Waals surface area contributed by atoms with Crippen LogP contribution in [0.2, 0.25) is 0 Å². The third-order valence-electron chi connectivity index (χ3n) is 5.20. The van der Waals surface area contributed by atoms with Crippen molar-refractivity contribution < 1.29 is 4.79 Å². The number of rotatable bonds is 4. The Hall–Kier alpha value is -2.62. The second-order valence-electron chi connectivity index (χ2n) is 7.08. The molecule has 1 aliphatic heterocycles. The second-order valence-corrected chi connectivity index (χ2v) is 7.08. The lowest BCUT2D eigenvalue weighted by atomic mass is 9.99. The van der Waals surface area contributed by atoms with E-state index in [1.165, 1.54) is 29.5 Å². The first-order valence-electron chi connectivity index (χ1n) is 8.97. The van der Waals surface area contributed by atoms with Gasteiger partial charge >= 0.3 is 0 Å². The Morgan fingerprint density at radius 2 is 1.92 bits per heavy atom. The number of hydrogen-bond donors (Lipinski definition) is 0. The van der Waals surface area contributed by atoms with E-state index in [9.17, 15) is 4.79 Å². The fourth-order valence-electron chi connectivity index (χ4n) is 3.53. The summed E-state index contributed by atoms with van der Waals surface area (Å²) in [5.41, 5.74) is 4.11. The van der Waals surface area contributed by atoms with Crippen LogP contribution in [0.15, 0.2) is 48.8 Å². The molecule has 3 heterocycles. The summed E-state index contributed by atoms with van der Waals surface area (Å²) in [5, 5.41) is 1.18. The second kappa shape index (κ2) is 6.71. The van der Waals surface area contributed by atoms with Gasteiger partial charge in [0.05, 0.1) is 11.9 Å². The van der Waals surface area contributed by atoms with Crippen LogP contribution in [0.5, 0.6) is 0 Å². The van der Waals surface area contributed by atoms with Gasteiger partial charge in [-0.25, -0.2) is 4.98 Å². The standard InChI is InChI=1S/C21H23N3O/c1-16-6-9-23(10-7-16)20-12-19-8-11-24(21(19)22-13-20)14-17-2-4-18(15-25)5-3-17/h2-5,8,11-13,15-16H,6-7,9-10,14H2,1H3. The number of hydrogen-bond acceptors (Lipinski definition) is 3.